The molecule has 0 spiro atoms. The van der Waals surface area contributed by atoms with E-state index in [4.69, 9.17) is 9.47 Å². The molecule has 1 aliphatic rings. The number of benzene rings is 2. The van der Waals surface area contributed by atoms with Gasteiger partial charge in [-0.15, -0.1) is 5.10 Å². The summed E-state index contributed by atoms with van der Waals surface area (Å²) in [6.45, 7) is 0.562. The Balaban J connectivity index is 1.36. The van der Waals surface area contributed by atoms with Crippen molar-refractivity contribution in [2.75, 3.05) is 27.3 Å². The summed E-state index contributed by atoms with van der Waals surface area (Å²) >= 11 is 0. The molecule has 4 aromatic rings. The fourth-order valence-corrected chi connectivity index (χ4v) is 5.95. The van der Waals surface area contributed by atoms with E-state index in [1.165, 1.54) is 41.4 Å². The molecule has 11 nitrogen and oxygen atoms in total. The molecular weight excluding hydrogens is 503 g/mol. The van der Waals surface area contributed by atoms with Crippen LogP contribution in [0.3, 0.4) is 0 Å². The van der Waals surface area contributed by atoms with Gasteiger partial charge in [0.25, 0.3) is 5.56 Å². The molecule has 1 saturated heterocycles. The maximum Gasteiger partial charge on any atom is 0.281 e. The maximum absolute atomic E-state index is 14.2. The summed E-state index contributed by atoms with van der Waals surface area (Å²) in [6, 6.07) is 10.8. The number of sulfonamides is 1. The number of methoxy groups -OCH3 is 2. The summed E-state index contributed by atoms with van der Waals surface area (Å²) in [6.07, 6.45) is 0.908. The number of aromatic amines is 1. The Kier molecular flexibility index (Phi) is 6.65. The van der Waals surface area contributed by atoms with Gasteiger partial charge in [-0.3, -0.25) is 4.79 Å². The molecule has 0 radical (unpaired) electrons. The van der Waals surface area contributed by atoms with E-state index in [1.54, 1.807) is 24.3 Å². The Morgan fingerprint density at radius 1 is 1.08 bits per heavy atom. The van der Waals surface area contributed by atoms with Crippen LogP contribution in [0.25, 0.3) is 11.2 Å². The molecule has 13 heteroatoms. The fraction of sp³-hybridized carbons (Fsp3) is 0.333. The number of hydrogen-bond donors (Lipinski definition) is 1. The van der Waals surface area contributed by atoms with Crippen molar-refractivity contribution in [2.45, 2.75) is 30.2 Å². The van der Waals surface area contributed by atoms with Crippen molar-refractivity contribution in [3.8, 4) is 11.5 Å². The molecule has 37 heavy (non-hydrogen) atoms. The molecule has 1 fully saturated rings. The van der Waals surface area contributed by atoms with Gasteiger partial charge in [-0.25, -0.2) is 22.5 Å². The number of aromatic nitrogens is 5. The smallest absolute Gasteiger partial charge is 0.281 e. The molecule has 1 aliphatic heterocycles. The highest BCUT2D eigenvalue weighted by atomic mass is 32.2. The van der Waals surface area contributed by atoms with Gasteiger partial charge in [0.1, 0.15) is 11.6 Å². The summed E-state index contributed by atoms with van der Waals surface area (Å²) in [5.41, 5.74) is 0.266. The molecule has 194 valence electrons. The van der Waals surface area contributed by atoms with Crippen LogP contribution in [0.2, 0.25) is 0 Å². The molecular formula is C24H25FN6O5S. The minimum Gasteiger partial charge on any atom is -0.493 e. The van der Waals surface area contributed by atoms with E-state index < -0.39 is 15.6 Å². The summed E-state index contributed by atoms with van der Waals surface area (Å²) in [5, 5.41) is 7.91. The molecule has 0 amide bonds. The Bertz CT molecular complexity index is 1610. The number of hydrogen-bond acceptors (Lipinski definition) is 8. The number of ether oxygens (including phenoxy) is 2. The molecule has 2 aromatic heterocycles. The van der Waals surface area contributed by atoms with Crippen molar-refractivity contribution in [2.24, 2.45) is 0 Å². The maximum atomic E-state index is 14.2. The lowest BCUT2D eigenvalue weighted by Crippen LogP contribution is -2.38. The van der Waals surface area contributed by atoms with E-state index in [2.05, 4.69) is 20.3 Å². The van der Waals surface area contributed by atoms with Gasteiger partial charge in [-0.05, 0) is 31.0 Å². The highest BCUT2D eigenvalue weighted by Gasteiger charge is 2.32. The number of nitrogens with one attached hydrogen (secondary N) is 1. The second-order valence-corrected chi connectivity index (χ2v) is 10.6. The van der Waals surface area contributed by atoms with E-state index in [1.807, 2.05) is 0 Å². The lowest BCUT2D eigenvalue weighted by atomic mass is 9.97. The Morgan fingerprint density at radius 3 is 2.51 bits per heavy atom. The molecule has 0 saturated carbocycles. The zero-order valence-corrected chi connectivity index (χ0v) is 21.0. The minimum atomic E-state index is -3.76. The first kappa shape index (κ1) is 24.8. The molecule has 2 aromatic carbocycles. The van der Waals surface area contributed by atoms with E-state index in [0.29, 0.717) is 35.7 Å². The molecule has 0 atom stereocenters. The topological polar surface area (TPSA) is 132 Å². The zero-order chi connectivity index (χ0) is 26.2. The van der Waals surface area contributed by atoms with Crippen molar-refractivity contribution < 1.29 is 22.3 Å². The third kappa shape index (κ3) is 4.67. The van der Waals surface area contributed by atoms with Crippen LogP contribution < -0.4 is 15.0 Å². The first-order chi connectivity index (χ1) is 17.8. The lowest BCUT2D eigenvalue weighted by Gasteiger charge is -2.30. The van der Waals surface area contributed by atoms with Crippen molar-refractivity contribution in [3.63, 3.8) is 0 Å². The highest BCUT2D eigenvalue weighted by molar-refractivity contribution is 7.89. The Hall–Kier alpha value is -3.84. The number of fused-ring (bicyclic) bond motifs is 1. The molecule has 1 N–H and O–H groups in total. The molecule has 0 aliphatic carbocycles. The number of rotatable bonds is 7. The van der Waals surface area contributed by atoms with Crippen molar-refractivity contribution >= 4 is 21.2 Å². The third-order valence-electron chi connectivity index (χ3n) is 6.50. The largest absolute Gasteiger partial charge is 0.493 e. The Morgan fingerprint density at radius 2 is 1.81 bits per heavy atom. The number of H-pyrrole nitrogens is 1. The highest BCUT2D eigenvalue weighted by Crippen LogP contribution is 2.33. The van der Waals surface area contributed by atoms with Crippen LogP contribution in [0, 0.1) is 5.82 Å². The van der Waals surface area contributed by atoms with Crippen molar-refractivity contribution in [1.29, 1.82) is 0 Å². The first-order valence-electron chi connectivity index (χ1n) is 11.6. The van der Waals surface area contributed by atoms with Crippen LogP contribution in [-0.2, 0) is 16.6 Å². The molecule has 0 unspecified atom stereocenters. The van der Waals surface area contributed by atoms with Crippen LogP contribution in [0.15, 0.2) is 52.2 Å². The van der Waals surface area contributed by atoms with Crippen LogP contribution in [0.4, 0.5) is 4.39 Å². The average Bonchev–Trinajstić information content (AvgIpc) is 3.32. The van der Waals surface area contributed by atoms with Gasteiger partial charge in [-0.1, -0.05) is 23.4 Å². The van der Waals surface area contributed by atoms with E-state index in [9.17, 15) is 17.6 Å². The first-order valence-corrected chi connectivity index (χ1v) is 13.0. The second-order valence-electron chi connectivity index (χ2n) is 8.66. The number of halogens is 1. The van der Waals surface area contributed by atoms with Gasteiger partial charge < -0.3 is 14.5 Å². The quantitative estimate of drug-likeness (QED) is 0.386. The normalized spacial score (nSPS) is 15.2. The lowest BCUT2D eigenvalue weighted by molar-refractivity contribution is 0.313. The van der Waals surface area contributed by atoms with Crippen LogP contribution in [0.5, 0.6) is 11.5 Å². The average molecular weight is 529 g/mol. The van der Waals surface area contributed by atoms with Crippen molar-refractivity contribution in [3.05, 3.63) is 70.0 Å². The number of piperidine rings is 1. The second kappa shape index (κ2) is 9.90. The monoisotopic (exact) mass is 528 g/mol. The third-order valence-corrected chi connectivity index (χ3v) is 8.40. The van der Waals surface area contributed by atoms with Gasteiger partial charge in [0.2, 0.25) is 10.0 Å². The predicted octanol–water partition coefficient (Wildman–Crippen LogP) is 2.29. The molecule has 5 rings (SSSR count). The Labute approximate surface area is 211 Å². The van der Waals surface area contributed by atoms with Crippen LogP contribution >= 0.6 is 0 Å². The summed E-state index contributed by atoms with van der Waals surface area (Å²) in [5.74, 6) is 0.631. The standard InChI is InChI=1S/C24H25FN6O5S/c1-35-19-8-7-17(13-20(19)36-2)37(33,34)30-11-9-15(10-12-30)22-26-23-21(24(32)27-22)28-29-31(23)14-16-5-3-4-6-18(16)25/h3-8,13,15H,9-12,14H2,1-2H3,(H,26,27,32). The minimum absolute atomic E-state index is 0.0635. The van der Waals surface area contributed by atoms with Gasteiger partial charge in [0.05, 0.1) is 25.7 Å². The fourth-order valence-electron chi connectivity index (χ4n) is 4.47. The van der Waals surface area contributed by atoms with Crippen molar-refractivity contribution in [1.82, 2.24) is 29.3 Å². The molecule has 3 heterocycles. The van der Waals surface area contributed by atoms with E-state index in [-0.39, 0.29) is 47.4 Å². The van der Waals surface area contributed by atoms with E-state index >= 15 is 0 Å². The van der Waals surface area contributed by atoms with Crippen LogP contribution in [0.1, 0.15) is 30.1 Å². The summed E-state index contributed by atoms with van der Waals surface area (Å²) < 4.78 is 53.9. The van der Waals surface area contributed by atoms with Crippen LogP contribution in [-0.4, -0.2) is 65.0 Å². The zero-order valence-electron chi connectivity index (χ0n) is 20.2. The van der Waals surface area contributed by atoms with Gasteiger partial charge in [0, 0.05) is 30.6 Å². The van der Waals surface area contributed by atoms with Gasteiger partial charge in [0.15, 0.2) is 22.7 Å². The number of nitrogens with zero attached hydrogens (tertiary/aromatic N) is 5. The van der Waals surface area contributed by atoms with Gasteiger partial charge >= 0.3 is 0 Å². The van der Waals surface area contributed by atoms with Gasteiger partial charge in [-0.2, -0.15) is 4.31 Å². The predicted molar refractivity (Wildman–Crippen MR) is 132 cm³/mol. The molecule has 0 bridgehead atoms. The summed E-state index contributed by atoms with van der Waals surface area (Å²) in [7, 11) is -0.830. The van der Waals surface area contributed by atoms with E-state index in [0.717, 1.165) is 0 Å². The summed E-state index contributed by atoms with van der Waals surface area (Å²) in [4.78, 5) is 20.2. The SMILES string of the molecule is COc1ccc(S(=O)(=O)N2CCC(c3nc4c(nnn4Cc4ccccc4F)c(=O)[nH]3)CC2)cc1OC.